The number of aromatic nitrogens is 4. The van der Waals surface area contributed by atoms with E-state index in [0.29, 0.717) is 30.3 Å². The highest BCUT2D eigenvalue weighted by atomic mass is 16.5. The van der Waals surface area contributed by atoms with Gasteiger partial charge in [-0.25, -0.2) is 4.68 Å². The summed E-state index contributed by atoms with van der Waals surface area (Å²) in [5, 5.41) is 8.86. The van der Waals surface area contributed by atoms with Crippen molar-refractivity contribution in [1.29, 1.82) is 0 Å². The Morgan fingerprint density at radius 1 is 1.00 bits per heavy atom. The van der Waals surface area contributed by atoms with Crippen LogP contribution in [0.1, 0.15) is 35.9 Å². The van der Waals surface area contributed by atoms with Gasteiger partial charge in [0, 0.05) is 29.3 Å². The molecule has 34 heavy (non-hydrogen) atoms. The molecule has 8 heteroatoms. The molecule has 4 aromatic rings. The molecule has 0 unspecified atom stereocenters. The summed E-state index contributed by atoms with van der Waals surface area (Å²) in [7, 11) is 3.23. The third kappa shape index (κ3) is 3.14. The maximum atomic E-state index is 13.7. The number of pyridine rings is 1. The number of benzene rings is 2. The quantitative estimate of drug-likeness (QED) is 0.494. The first-order valence-electron chi connectivity index (χ1n) is 11.2. The van der Waals surface area contributed by atoms with E-state index in [-0.39, 0.29) is 17.7 Å². The largest absolute Gasteiger partial charge is 0.493 e. The van der Waals surface area contributed by atoms with Crippen molar-refractivity contribution in [2.45, 2.75) is 24.8 Å². The third-order valence-corrected chi connectivity index (χ3v) is 6.72. The van der Waals surface area contributed by atoms with Crippen LogP contribution in [0.4, 0.5) is 5.95 Å². The molecule has 0 bridgehead atoms. The van der Waals surface area contributed by atoms with Crippen LogP contribution in [0.25, 0.3) is 10.9 Å². The molecular formula is C26H23N5O3. The number of ketones is 1. The molecule has 170 valence electrons. The van der Waals surface area contributed by atoms with Crippen LogP contribution in [0.5, 0.6) is 11.5 Å². The summed E-state index contributed by atoms with van der Waals surface area (Å²) in [6.45, 7) is 0. The van der Waals surface area contributed by atoms with Crippen LogP contribution in [0.3, 0.4) is 0 Å². The van der Waals surface area contributed by atoms with Gasteiger partial charge in [0.05, 0.1) is 19.7 Å². The first kappa shape index (κ1) is 20.4. The van der Waals surface area contributed by atoms with Crippen molar-refractivity contribution in [3.05, 3.63) is 83.5 Å². The number of fused-ring (bicyclic) bond motifs is 2. The minimum atomic E-state index is -0.361. The SMILES string of the molecule is COc1ccc([C@H]2CC(=O)C3=C(C2)Nc2ncnn2[C@@H]3c2ccnc3ccccc23)cc1OC. The lowest BCUT2D eigenvalue weighted by atomic mass is 9.77. The van der Waals surface area contributed by atoms with Gasteiger partial charge < -0.3 is 14.8 Å². The van der Waals surface area contributed by atoms with Gasteiger partial charge in [-0.2, -0.15) is 10.1 Å². The van der Waals surface area contributed by atoms with Gasteiger partial charge in [0.1, 0.15) is 12.4 Å². The van der Waals surface area contributed by atoms with Gasteiger partial charge in [-0.3, -0.25) is 9.78 Å². The number of hydrogen-bond acceptors (Lipinski definition) is 7. The number of Topliss-reactive ketones (excluding diaryl/α,β-unsaturated/α-hetero) is 1. The monoisotopic (exact) mass is 453 g/mol. The van der Waals surface area contributed by atoms with E-state index in [9.17, 15) is 4.79 Å². The lowest BCUT2D eigenvalue weighted by molar-refractivity contribution is -0.116. The van der Waals surface area contributed by atoms with Crippen LogP contribution >= 0.6 is 0 Å². The van der Waals surface area contributed by atoms with E-state index in [1.165, 1.54) is 6.33 Å². The highest BCUT2D eigenvalue weighted by Crippen LogP contribution is 2.45. The molecule has 2 aromatic heterocycles. The van der Waals surface area contributed by atoms with E-state index in [0.717, 1.165) is 33.3 Å². The summed E-state index contributed by atoms with van der Waals surface area (Å²) >= 11 is 0. The summed E-state index contributed by atoms with van der Waals surface area (Å²) < 4.78 is 12.7. The lowest BCUT2D eigenvalue weighted by Crippen LogP contribution is -2.33. The Kier molecular flexibility index (Phi) is 4.79. The predicted octanol–water partition coefficient (Wildman–Crippen LogP) is 4.26. The van der Waals surface area contributed by atoms with Crippen molar-refractivity contribution in [1.82, 2.24) is 19.7 Å². The van der Waals surface area contributed by atoms with Crippen LogP contribution < -0.4 is 14.8 Å². The van der Waals surface area contributed by atoms with E-state index >= 15 is 0 Å². The Morgan fingerprint density at radius 3 is 2.71 bits per heavy atom. The predicted molar refractivity (Wildman–Crippen MR) is 127 cm³/mol. The van der Waals surface area contributed by atoms with Crippen LogP contribution in [0.15, 0.2) is 72.3 Å². The Hall–Kier alpha value is -4.20. The number of rotatable bonds is 4. The van der Waals surface area contributed by atoms with Gasteiger partial charge >= 0.3 is 0 Å². The number of carbonyl (C=O) groups is 1. The van der Waals surface area contributed by atoms with Crippen molar-refractivity contribution in [2.24, 2.45) is 0 Å². The van der Waals surface area contributed by atoms with E-state index in [1.807, 2.05) is 48.5 Å². The first-order valence-corrected chi connectivity index (χ1v) is 11.2. The maximum absolute atomic E-state index is 13.7. The number of nitrogens with one attached hydrogen (secondary N) is 1. The molecule has 2 aromatic carbocycles. The van der Waals surface area contributed by atoms with Gasteiger partial charge in [-0.1, -0.05) is 24.3 Å². The number of hydrogen-bond donors (Lipinski definition) is 1. The maximum Gasteiger partial charge on any atom is 0.226 e. The summed E-state index contributed by atoms with van der Waals surface area (Å²) in [6, 6.07) is 15.4. The molecule has 1 aliphatic heterocycles. The average Bonchev–Trinajstić information content (AvgIpc) is 3.35. The molecular weight excluding hydrogens is 430 g/mol. The summed E-state index contributed by atoms with van der Waals surface area (Å²) in [5.74, 6) is 2.07. The fourth-order valence-electron chi connectivity index (χ4n) is 5.14. The highest BCUT2D eigenvalue weighted by Gasteiger charge is 2.40. The van der Waals surface area contributed by atoms with Crippen LogP contribution in [0, 0.1) is 0 Å². The number of carbonyl (C=O) groups excluding carboxylic acids is 1. The number of methoxy groups -OCH3 is 2. The molecule has 0 saturated carbocycles. The number of nitrogens with zero attached hydrogens (tertiary/aromatic N) is 4. The smallest absolute Gasteiger partial charge is 0.226 e. The summed E-state index contributed by atoms with van der Waals surface area (Å²) in [6.07, 6.45) is 4.40. The van der Waals surface area contributed by atoms with Gasteiger partial charge in [-0.15, -0.1) is 0 Å². The highest BCUT2D eigenvalue weighted by molar-refractivity contribution is 6.01. The summed E-state index contributed by atoms with van der Waals surface area (Å²) in [4.78, 5) is 22.6. The van der Waals surface area contributed by atoms with Gasteiger partial charge in [-0.05, 0) is 47.7 Å². The second kappa shape index (κ2) is 7.98. The molecule has 0 saturated heterocycles. The number of para-hydroxylation sites is 1. The molecule has 0 amide bonds. The van der Waals surface area contributed by atoms with Crippen LogP contribution in [-0.2, 0) is 4.79 Å². The molecule has 0 fully saturated rings. The Labute approximate surface area is 196 Å². The standard InChI is InChI=1S/C26H23N5O3/c1-33-22-8-7-15(13-23(22)34-2)16-11-20-24(21(32)12-16)25(31-26(30-20)28-14-29-31)18-9-10-27-19-6-4-3-5-17(18)19/h3-10,13-14,16,25H,11-12H2,1-2H3,(H,28,29,30)/t16-,25-/m1/s1. The van der Waals surface area contributed by atoms with Crippen molar-refractivity contribution in [2.75, 3.05) is 19.5 Å². The molecule has 1 N–H and O–H groups in total. The molecule has 8 nitrogen and oxygen atoms in total. The number of allylic oxidation sites excluding steroid dienone is 2. The second-order valence-electron chi connectivity index (χ2n) is 8.51. The summed E-state index contributed by atoms with van der Waals surface area (Å²) in [5.41, 5.74) is 4.55. The molecule has 0 radical (unpaired) electrons. The minimum absolute atomic E-state index is 0.0165. The fraction of sp³-hybridized carbons (Fsp3) is 0.231. The van der Waals surface area contributed by atoms with Gasteiger partial charge in [0.2, 0.25) is 5.95 Å². The Bertz CT molecular complexity index is 1450. The molecule has 0 spiro atoms. The van der Waals surface area contributed by atoms with E-state index < -0.39 is 0 Å². The Balaban J connectivity index is 1.46. The lowest BCUT2D eigenvalue weighted by Gasteiger charge is -2.35. The van der Waals surface area contributed by atoms with Crippen molar-refractivity contribution in [3.63, 3.8) is 0 Å². The van der Waals surface area contributed by atoms with Crippen LogP contribution in [-0.4, -0.2) is 39.8 Å². The minimum Gasteiger partial charge on any atom is -0.493 e. The fourth-order valence-corrected chi connectivity index (χ4v) is 5.14. The van der Waals surface area contributed by atoms with Crippen LogP contribution in [0.2, 0.25) is 0 Å². The number of anilines is 1. The van der Waals surface area contributed by atoms with Crippen molar-refractivity contribution >= 4 is 22.6 Å². The molecule has 1 aliphatic carbocycles. The van der Waals surface area contributed by atoms with Gasteiger partial charge in [0.15, 0.2) is 17.3 Å². The average molecular weight is 454 g/mol. The number of ether oxygens (including phenoxy) is 2. The van der Waals surface area contributed by atoms with E-state index in [2.05, 4.69) is 20.4 Å². The zero-order valence-electron chi connectivity index (χ0n) is 18.9. The molecule has 6 rings (SSSR count). The van der Waals surface area contributed by atoms with Crippen molar-refractivity contribution in [3.8, 4) is 11.5 Å². The Morgan fingerprint density at radius 2 is 1.85 bits per heavy atom. The molecule has 2 atom stereocenters. The third-order valence-electron chi connectivity index (χ3n) is 6.72. The zero-order chi connectivity index (χ0) is 23.2. The second-order valence-corrected chi connectivity index (χ2v) is 8.51. The first-order chi connectivity index (χ1) is 16.7. The topological polar surface area (TPSA) is 91.2 Å². The molecule has 3 heterocycles. The van der Waals surface area contributed by atoms with E-state index in [1.54, 1.807) is 25.1 Å². The molecule has 2 aliphatic rings. The van der Waals surface area contributed by atoms with Gasteiger partial charge in [0.25, 0.3) is 0 Å². The normalized spacial score (nSPS) is 19.4. The van der Waals surface area contributed by atoms with E-state index in [4.69, 9.17) is 9.47 Å². The van der Waals surface area contributed by atoms with Crippen molar-refractivity contribution < 1.29 is 14.3 Å². The zero-order valence-corrected chi connectivity index (χ0v) is 18.9.